The number of nitrogens with zero attached hydrogens (tertiary/aromatic N) is 3. The Balaban J connectivity index is 1.09. The van der Waals surface area contributed by atoms with Crippen LogP contribution in [0.3, 0.4) is 0 Å². The smallest absolute Gasteiger partial charge is 0.160 e. The van der Waals surface area contributed by atoms with Gasteiger partial charge in [0.15, 0.2) is 5.82 Å². The van der Waals surface area contributed by atoms with Crippen molar-refractivity contribution in [3.63, 3.8) is 0 Å². The van der Waals surface area contributed by atoms with E-state index >= 15 is 0 Å². The molecule has 9 aromatic carbocycles. The molecule has 0 saturated heterocycles. The van der Waals surface area contributed by atoms with Gasteiger partial charge in [-0.1, -0.05) is 170 Å². The molecule has 3 aromatic heterocycles. The van der Waals surface area contributed by atoms with E-state index in [2.05, 4.69) is 188 Å². The van der Waals surface area contributed by atoms with Gasteiger partial charge in [0.1, 0.15) is 11.2 Å². The molecule has 294 valence electrons. The van der Waals surface area contributed by atoms with Crippen molar-refractivity contribution in [2.45, 2.75) is 0 Å². The molecule has 0 amide bonds. The van der Waals surface area contributed by atoms with Gasteiger partial charge < -0.3 is 4.42 Å². The summed E-state index contributed by atoms with van der Waals surface area (Å²) in [6.07, 6.45) is 0. The summed E-state index contributed by atoms with van der Waals surface area (Å²) < 4.78 is 6.27. The molecule has 12 rings (SSSR count). The van der Waals surface area contributed by atoms with E-state index in [0.29, 0.717) is 5.82 Å². The lowest BCUT2D eigenvalue weighted by molar-refractivity contribution is 0.669. The molecule has 12 aromatic rings. The molecule has 0 fully saturated rings. The van der Waals surface area contributed by atoms with Crippen LogP contribution in [0.15, 0.2) is 229 Å². The van der Waals surface area contributed by atoms with Crippen molar-refractivity contribution in [1.82, 2.24) is 15.0 Å². The van der Waals surface area contributed by atoms with Gasteiger partial charge in [-0.15, -0.1) is 0 Å². The molecule has 0 aliphatic rings. The van der Waals surface area contributed by atoms with Gasteiger partial charge in [-0.3, -0.25) is 0 Å². The summed E-state index contributed by atoms with van der Waals surface area (Å²) in [6, 6.07) is 78.7. The second kappa shape index (κ2) is 15.2. The summed E-state index contributed by atoms with van der Waals surface area (Å²) in [7, 11) is 0. The van der Waals surface area contributed by atoms with Crippen LogP contribution in [-0.2, 0) is 0 Å². The monoisotopic (exact) mass is 803 g/mol. The molecule has 0 aliphatic heterocycles. The Morgan fingerprint density at radius 2 is 0.825 bits per heavy atom. The van der Waals surface area contributed by atoms with Gasteiger partial charge in [0.05, 0.1) is 22.6 Å². The van der Waals surface area contributed by atoms with E-state index in [1.54, 1.807) is 0 Å². The van der Waals surface area contributed by atoms with Crippen LogP contribution in [0.2, 0.25) is 0 Å². The molecule has 3 heterocycles. The van der Waals surface area contributed by atoms with Crippen LogP contribution in [0.25, 0.3) is 122 Å². The number of furan rings is 1. The first-order chi connectivity index (χ1) is 31.2. The standard InChI is InChI=1S/C59H37N3O/c1-4-14-38(15-5-1)39-24-26-42(27-25-39)54-37-55(62-59(61-54)43-19-8-3-9-20-43)47-33-45(44-29-31-57-51(35-44)49-22-12-13-23-56(49)63-57)32-46(34-47)53-36-50(40-16-6-2-7-17-40)58-48-21-11-10-18-41(48)28-30-52(58)60-53/h1-37H. The van der Waals surface area contributed by atoms with Crippen LogP contribution >= 0.6 is 0 Å². The SMILES string of the molecule is c1ccc(-c2ccc(-c3cc(-c4cc(-c5ccc6oc7ccccc7c6c5)cc(-c5cc(-c6ccccc6)c6c(ccc7ccccc76)n5)c4)nc(-c4ccccc4)n3)cc2)cc1. The zero-order valence-corrected chi connectivity index (χ0v) is 34.1. The van der Waals surface area contributed by atoms with Crippen molar-refractivity contribution in [3.05, 3.63) is 224 Å². The summed E-state index contributed by atoms with van der Waals surface area (Å²) >= 11 is 0. The predicted octanol–water partition coefficient (Wildman–Crippen LogP) is 15.7. The van der Waals surface area contributed by atoms with Crippen molar-refractivity contribution in [1.29, 1.82) is 0 Å². The quantitative estimate of drug-likeness (QED) is 0.151. The second-order valence-electron chi connectivity index (χ2n) is 16.0. The first kappa shape index (κ1) is 36.4. The van der Waals surface area contributed by atoms with Crippen LogP contribution in [0.1, 0.15) is 0 Å². The van der Waals surface area contributed by atoms with E-state index in [-0.39, 0.29) is 0 Å². The fourth-order valence-electron chi connectivity index (χ4n) is 8.92. The fraction of sp³-hybridized carbons (Fsp3) is 0. The van der Waals surface area contributed by atoms with E-state index in [1.807, 2.05) is 36.4 Å². The highest BCUT2D eigenvalue weighted by Crippen LogP contribution is 2.41. The van der Waals surface area contributed by atoms with Gasteiger partial charge >= 0.3 is 0 Å². The topological polar surface area (TPSA) is 51.8 Å². The Kier molecular flexibility index (Phi) is 8.79. The Morgan fingerprint density at radius 3 is 1.57 bits per heavy atom. The largest absolute Gasteiger partial charge is 0.456 e. The minimum absolute atomic E-state index is 0.663. The van der Waals surface area contributed by atoms with Gasteiger partial charge in [-0.2, -0.15) is 0 Å². The van der Waals surface area contributed by atoms with E-state index in [0.717, 1.165) is 100.0 Å². The van der Waals surface area contributed by atoms with Crippen molar-refractivity contribution in [2.75, 3.05) is 0 Å². The maximum absolute atomic E-state index is 6.27. The molecule has 4 heteroatoms. The van der Waals surface area contributed by atoms with Gasteiger partial charge in [0.2, 0.25) is 0 Å². The van der Waals surface area contributed by atoms with E-state index in [9.17, 15) is 0 Å². The first-order valence-corrected chi connectivity index (χ1v) is 21.2. The Morgan fingerprint density at radius 1 is 0.286 bits per heavy atom. The fourth-order valence-corrected chi connectivity index (χ4v) is 8.92. The van der Waals surface area contributed by atoms with Crippen LogP contribution in [-0.4, -0.2) is 15.0 Å². The molecule has 0 unspecified atom stereocenters. The molecule has 0 saturated carbocycles. The van der Waals surface area contributed by atoms with Crippen molar-refractivity contribution in [2.24, 2.45) is 0 Å². The zero-order valence-electron chi connectivity index (χ0n) is 34.1. The highest BCUT2D eigenvalue weighted by Gasteiger charge is 2.18. The molecule has 0 bridgehead atoms. The number of hydrogen-bond donors (Lipinski definition) is 0. The molecule has 0 N–H and O–H groups in total. The lowest BCUT2D eigenvalue weighted by Crippen LogP contribution is -1.97. The molecule has 0 atom stereocenters. The van der Waals surface area contributed by atoms with Gasteiger partial charge in [-0.05, 0) is 98.8 Å². The molecular weight excluding hydrogens is 767 g/mol. The Hall–Kier alpha value is -8.47. The highest BCUT2D eigenvalue weighted by molar-refractivity contribution is 6.14. The summed E-state index contributed by atoms with van der Waals surface area (Å²) in [5.41, 5.74) is 15.9. The van der Waals surface area contributed by atoms with Gasteiger partial charge in [0, 0.05) is 38.4 Å². The number of pyridine rings is 1. The molecule has 0 radical (unpaired) electrons. The third-order valence-corrected chi connectivity index (χ3v) is 12.1. The van der Waals surface area contributed by atoms with Crippen LogP contribution in [0.5, 0.6) is 0 Å². The third-order valence-electron chi connectivity index (χ3n) is 12.1. The van der Waals surface area contributed by atoms with Gasteiger partial charge in [-0.25, -0.2) is 15.0 Å². The Labute approximate surface area is 364 Å². The molecule has 0 aliphatic carbocycles. The number of para-hydroxylation sites is 1. The summed E-state index contributed by atoms with van der Waals surface area (Å²) in [4.78, 5) is 16.0. The number of aromatic nitrogens is 3. The maximum Gasteiger partial charge on any atom is 0.160 e. The van der Waals surface area contributed by atoms with E-state index < -0.39 is 0 Å². The van der Waals surface area contributed by atoms with E-state index in [4.69, 9.17) is 19.4 Å². The number of fused-ring (bicyclic) bond motifs is 6. The number of hydrogen-bond acceptors (Lipinski definition) is 4. The highest BCUT2D eigenvalue weighted by atomic mass is 16.3. The molecular formula is C59H37N3O. The van der Waals surface area contributed by atoms with Crippen LogP contribution < -0.4 is 0 Å². The lowest BCUT2D eigenvalue weighted by atomic mass is 9.92. The minimum Gasteiger partial charge on any atom is -0.456 e. The van der Waals surface area contributed by atoms with Crippen LogP contribution in [0.4, 0.5) is 0 Å². The minimum atomic E-state index is 0.663. The summed E-state index contributed by atoms with van der Waals surface area (Å²) in [5.74, 6) is 0.663. The molecule has 63 heavy (non-hydrogen) atoms. The summed E-state index contributed by atoms with van der Waals surface area (Å²) in [5, 5.41) is 5.68. The first-order valence-electron chi connectivity index (χ1n) is 21.2. The number of benzene rings is 9. The molecule has 0 spiro atoms. The van der Waals surface area contributed by atoms with Crippen molar-refractivity contribution >= 4 is 43.6 Å². The maximum atomic E-state index is 6.27. The van der Waals surface area contributed by atoms with Crippen LogP contribution in [0, 0.1) is 0 Å². The second-order valence-corrected chi connectivity index (χ2v) is 16.0. The van der Waals surface area contributed by atoms with Gasteiger partial charge in [0.25, 0.3) is 0 Å². The van der Waals surface area contributed by atoms with E-state index in [1.165, 1.54) is 16.3 Å². The normalized spacial score (nSPS) is 11.5. The third kappa shape index (κ3) is 6.71. The average molecular weight is 804 g/mol. The molecule has 4 nitrogen and oxygen atoms in total. The lowest BCUT2D eigenvalue weighted by Gasteiger charge is -2.15. The summed E-state index contributed by atoms with van der Waals surface area (Å²) in [6.45, 7) is 0. The van der Waals surface area contributed by atoms with Crippen molar-refractivity contribution in [3.8, 4) is 78.5 Å². The predicted molar refractivity (Wildman–Crippen MR) is 260 cm³/mol. The number of rotatable bonds is 7. The zero-order chi connectivity index (χ0) is 41.7. The Bertz CT molecular complexity index is 3650. The van der Waals surface area contributed by atoms with Crippen molar-refractivity contribution < 1.29 is 4.42 Å². The average Bonchev–Trinajstić information content (AvgIpc) is 3.74.